The Bertz CT molecular complexity index is 183. The predicted octanol–water partition coefficient (Wildman–Crippen LogP) is 3.02. The lowest BCUT2D eigenvalue weighted by Crippen LogP contribution is -2.31. The lowest BCUT2D eigenvalue weighted by molar-refractivity contribution is -0.407. The summed E-state index contributed by atoms with van der Waals surface area (Å²) in [6, 6.07) is 0. The van der Waals surface area contributed by atoms with Crippen molar-refractivity contribution in [2.75, 3.05) is 11.2 Å². The maximum absolute atomic E-state index is 11.0. The number of unbranched alkanes of at least 4 members (excludes halogenated alkanes) is 1. The van der Waals surface area contributed by atoms with E-state index in [4.69, 9.17) is 14.5 Å². The molecule has 0 aromatic rings. The van der Waals surface area contributed by atoms with E-state index in [-0.39, 0.29) is 4.61 Å². The molecule has 6 heteroatoms. The number of ether oxygens (including phenoxy) is 2. The summed E-state index contributed by atoms with van der Waals surface area (Å²) in [4.78, 5) is 20.8. The Hall–Kier alpha value is -0.0800. The largest absolute Gasteiger partial charge is 0.511 e. The van der Waals surface area contributed by atoms with Crippen LogP contribution in [0.5, 0.6) is 0 Å². The Morgan fingerprint density at radius 2 is 2.07 bits per heavy atom. The highest BCUT2D eigenvalue weighted by molar-refractivity contribution is 14.1. The van der Waals surface area contributed by atoms with Crippen LogP contribution in [-0.4, -0.2) is 23.2 Å². The summed E-state index contributed by atoms with van der Waals surface area (Å²) >= 11 is 1.90. The zero-order valence-electron chi connectivity index (χ0n) is 9.25. The van der Waals surface area contributed by atoms with Crippen molar-refractivity contribution < 1.29 is 24.0 Å². The molecule has 90 valence electrons. The molecule has 0 heterocycles. The molecular formula is C9H17IO5. The first-order valence-electron chi connectivity index (χ1n) is 4.74. The molecule has 0 N–H and O–H groups in total. The number of carbonyl (C=O) groups excluding carboxylic acids is 1. The molecule has 0 rings (SSSR count). The standard InChI is InChI=1S/C9H17IO5/c1-4-5-6-13-15-9(2,3)14-8(11)12-7-10/h4-7H2,1-3H3. The summed E-state index contributed by atoms with van der Waals surface area (Å²) in [6.45, 7) is 5.67. The molecule has 15 heavy (non-hydrogen) atoms. The van der Waals surface area contributed by atoms with Crippen molar-refractivity contribution >= 4 is 28.7 Å². The molecule has 0 saturated carbocycles. The van der Waals surface area contributed by atoms with Gasteiger partial charge in [0.15, 0.2) is 0 Å². The van der Waals surface area contributed by atoms with Gasteiger partial charge in [0.2, 0.25) is 5.79 Å². The van der Waals surface area contributed by atoms with Crippen LogP contribution in [0.2, 0.25) is 0 Å². The van der Waals surface area contributed by atoms with Crippen LogP contribution in [0, 0.1) is 0 Å². The highest BCUT2D eigenvalue weighted by atomic mass is 127. The molecule has 0 bridgehead atoms. The Morgan fingerprint density at radius 1 is 1.40 bits per heavy atom. The minimum Gasteiger partial charge on any atom is -0.424 e. The zero-order valence-corrected chi connectivity index (χ0v) is 11.4. The summed E-state index contributed by atoms with van der Waals surface area (Å²) in [6.07, 6.45) is 1.14. The van der Waals surface area contributed by atoms with E-state index in [2.05, 4.69) is 4.74 Å². The van der Waals surface area contributed by atoms with Crippen LogP contribution in [0.3, 0.4) is 0 Å². The van der Waals surface area contributed by atoms with Crippen LogP contribution < -0.4 is 0 Å². The fraction of sp³-hybridized carbons (Fsp3) is 0.889. The summed E-state index contributed by atoms with van der Waals surface area (Å²) in [7, 11) is 0. The van der Waals surface area contributed by atoms with Crippen molar-refractivity contribution in [2.24, 2.45) is 0 Å². The van der Waals surface area contributed by atoms with Crippen LogP contribution in [0.15, 0.2) is 0 Å². The second-order valence-corrected chi connectivity index (χ2v) is 3.89. The zero-order chi connectivity index (χ0) is 11.7. The highest BCUT2D eigenvalue weighted by Gasteiger charge is 2.25. The molecule has 0 atom stereocenters. The van der Waals surface area contributed by atoms with Gasteiger partial charge in [-0.05, 0) is 29.0 Å². The molecule has 0 aromatic heterocycles. The summed E-state index contributed by atoms with van der Waals surface area (Å²) < 4.78 is 9.68. The SMILES string of the molecule is CCCCOOC(C)(C)OC(=O)OCI. The number of alkyl halides is 1. The van der Waals surface area contributed by atoms with Gasteiger partial charge in [0.25, 0.3) is 0 Å². The average Bonchev–Trinajstić information content (AvgIpc) is 2.12. The summed E-state index contributed by atoms with van der Waals surface area (Å²) in [5, 5.41) is 0. The van der Waals surface area contributed by atoms with Crippen LogP contribution >= 0.6 is 22.6 Å². The molecule has 5 nitrogen and oxygen atoms in total. The topological polar surface area (TPSA) is 54.0 Å². The van der Waals surface area contributed by atoms with Gasteiger partial charge in [-0.25, -0.2) is 9.68 Å². The first-order chi connectivity index (χ1) is 7.02. The van der Waals surface area contributed by atoms with Crippen molar-refractivity contribution in [3.63, 3.8) is 0 Å². The van der Waals surface area contributed by atoms with Crippen LogP contribution in [0.25, 0.3) is 0 Å². The van der Waals surface area contributed by atoms with E-state index in [1.807, 2.05) is 29.5 Å². The van der Waals surface area contributed by atoms with Crippen molar-refractivity contribution in [2.45, 2.75) is 39.4 Å². The molecule has 0 saturated heterocycles. The Labute approximate surface area is 103 Å². The van der Waals surface area contributed by atoms with E-state index < -0.39 is 11.9 Å². The van der Waals surface area contributed by atoms with Crippen molar-refractivity contribution in [1.82, 2.24) is 0 Å². The second kappa shape index (κ2) is 8.12. The Balaban J connectivity index is 3.70. The maximum atomic E-state index is 11.0. The molecule has 0 spiro atoms. The number of hydrogen-bond donors (Lipinski definition) is 0. The van der Waals surface area contributed by atoms with Crippen LogP contribution in [0.4, 0.5) is 4.79 Å². The molecule has 0 aliphatic carbocycles. The quantitative estimate of drug-likeness (QED) is 0.136. The number of hydrogen-bond acceptors (Lipinski definition) is 5. The summed E-state index contributed by atoms with van der Waals surface area (Å²) in [5.74, 6) is -1.13. The molecule has 0 aromatic carbocycles. The third-order valence-electron chi connectivity index (χ3n) is 1.34. The second-order valence-electron chi connectivity index (χ2n) is 3.26. The van der Waals surface area contributed by atoms with Crippen molar-refractivity contribution in [1.29, 1.82) is 0 Å². The van der Waals surface area contributed by atoms with Crippen molar-refractivity contribution in [3.8, 4) is 0 Å². The van der Waals surface area contributed by atoms with Crippen molar-refractivity contribution in [3.05, 3.63) is 0 Å². The van der Waals surface area contributed by atoms with Gasteiger partial charge in [-0.1, -0.05) is 13.3 Å². The number of rotatable bonds is 7. The van der Waals surface area contributed by atoms with Gasteiger partial charge in [-0.2, -0.15) is 4.89 Å². The number of carbonyl (C=O) groups is 1. The van der Waals surface area contributed by atoms with Gasteiger partial charge in [0.05, 0.1) is 6.61 Å². The molecule has 0 amide bonds. The van der Waals surface area contributed by atoms with Gasteiger partial charge < -0.3 is 9.47 Å². The van der Waals surface area contributed by atoms with E-state index in [9.17, 15) is 4.79 Å². The minimum absolute atomic E-state index is 0.239. The third-order valence-corrected chi connectivity index (χ3v) is 1.65. The highest BCUT2D eigenvalue weighted by Crippen LogP contribution is 2.13. The first-order valence-corrected chi connectivity index (χ1v) is 6.26. The number of halogens is 1. The van der Waals surface area contributed by atoms with E-state index >= 15 is 0 Å². The normalized spacial score (nSPS) is 11.2. The van der Waals surface area contributed by atoms with Gasteiger partial charge in [0.1, 0.15) is 4.61 Å². The molecule has 0 aliphatic heterocycles. The Morgan fingerprint density at radius 3 is 2.60 bits per heavy atom. The van der Waals surface area contributed by atoms with E-state index in [0.717, 1.165) is 12.8 Å². The van der Waals surface area contributed by atoms with Gasteiger partial charge >= 0.3 is 6.16 Å². The Kier molecular flexibility index (Phi) is 8.07. The molecular weight excluding hydrogens is 315 g/mol. The fourth-order valence-electron chi connectivity index (χ4n) is 0.679. The fourth-order valence-corrected chi connectivity index (χ4v) is 0.933. The van der Waals surface area contributed by atoms with Gasteiger partial charge in [0, 0.05) is 13.8 Å². The van der Waals surface area contributed by atoms with E-state index in [1.54, 1.807) is 13.8 Å². The van der Waals surface area contributed by atoms with Crippen LogP contribution in [-0.2, 0) is 19.2 Å². The molecule has 0 radical (unpaired) electrons. The lowest BCUT2D eigenvalue weighted by atomic mass is 10.4. The maximum Gasteiger partial charge on any atom is 0.511 e. The van der Waals surface area contributed by atoms with Gasteiger partial charge in [-0.3, -0.25) is 0 Å². The molecule has 0 fully saturated rings. The summed E-state index contributed by atoms with van der Waals surface area (Å²) in [5.41, 5.74) is 0. The monoisotopic (exact) mass is 332 g/mol. The third kappa shape index (κ3) is 8.88. The van der Waals surface area contributed by atoms with Crippen LogP contribution in [0.1, 0.15) is 33.6 Å². The predicted molar refractivity (Wildman–Crippen MR) is 62.5 cm³/mol. The molecule has 0 aliphatic rings. The van der Waals surface area contributed by atoms with Gasteiger partial charge in [-0.15, -0.1) is 0 Å². The average molecular weight is 332 g/mol. The van der Waals surface area contributed by atoms with E-state index in [0.29, 0.717) is 6.61 Å². The van der Waals surface area contributed by atoms with E-state index in [1.165, 1.54) is 0 Å². The smallest absolute Gasteiger partial charge is 0.424 e. The molecule has 0 unspecified atom stereocenters. The lowest BCUT2D eigenvalue weighted by Gasteiger charge is -2.22. The minimum atomic E-state index is -1.13. The first kappa shape index (κ1) is 14.9.